The molecular weight excluding hydrogens is 192 g/mol. The molecule has 1 atom stereocenters. The number of nitrogens with zero attached hydrogens (tertiary/aromatic N) is 1. The van der Waals surface area contributed by atoms with Crippen LogP contribution in [0.5, 0.6) is 0 Å². The Kier molecular flexibility index (Phi) is 3.19. The van der Waals surface area contributed by atoms with Crippen LogP contribution in [0.3, 0.4) is 0 Å². The Morgan fingerprint density at radius 3 is 3.07 bits per heavy atom. The fourth-order valence-electron chi connectivity index (χ4n) is 2.06. The van der Waals surface area contributed by atoms with Gasteiger partial charge in [-0.1, -0.05) is 13.8 Å². The maximum Gasteiger partial charge on any atom is 0.0928 e. The van der Waals surface area contributed by atoms with Gasteiger partial charge in [0.2, 0.25) is 0 Å². The minimum absolute atomic E-state index is 0.585. The highest BCUT2D eigenvalue weighted by atomic mass is 32.1. The van der Waals surface area contributed by atoms with E-state index in [9.17, 15) is 0 Å². The molecule has 0 saturated heterocycles. The second-order valence-corrected chi connectivity index (χ2v) is 4.89. The molecule has 1 N–H and O–H groups in total. The van der Waals surface area contributed by atoms with E-state index in [1.807, 2.05) is 11.3 Å². The van der Waals surface area contributed by atoms with Crippen LogP contribution in [0.1, 0.15) is 48.3 Å². The average Bonchev–Trinajstić information content (AvgIpc) is 2.62. The van der Waals surface area contributed by atoms with Crippen molar-refractivity contribution >= 4 is 11.3 Å². The molecule has 0 radical (unpaired) electrons. The second-order valence-electron chi connectivity index (χ2n) is 3.77. The van der Waals surface area contributed by atoms with Crippen LogP contribution in [0.15, 0.2) is 0 Å². The summed E-state index contributed by atoms with van der Waals surface area (Å²) in [5, 5.41) is 4.85. The molecule has 2 rings (SSSR count). The SMILES string of the molecule is CCNC1CCCc2nc(CC)sc21. The third kappa shape index (κ3) is 1.84. The lowest BCUT2D eigenvalue weighted by molar-refractivity contribution is 0.476. The van der Waals surface area contributed by atoms with Crippen molar-refractivity contribution < 1.29 is 0 Å². The molecule has 0 aliphatic heterocycles. The van der Waals surface area contributed by atoms with Gasteiger partial charge < -0.3 is 5.32 Å². The third-order valence-corrected chi connectivity index (χ3v) is 4.10. The molecule has 0 bridgehead atoms. The Hall–Kier alpha value is -0.410. The topological polar surface area (TPSA) is 24.9 Å². The van der Waals surface area contributed by atoms with Crippen molar-refractivity contribution in [2.24, 2.45) is 0 Å². The summed E-state index contributed by atoms with van der Waals surface area (Å²) in [5.74, 6) is 0. The van der Waals surface area contributed by atoms with Crippen LogP contribution in [0.25, 0.3) is 0 Å². The van der Waals surface area contributed by atoms with Crippen LogP contribution in [0.2, 0.25) is 0 Å². The first-order valence-electron chi connectivity index (χ1n) is 5.57. The van der Waals surface area contributed by atoms with Gasteiger partial charge in [0.25, 0.3) is 0 Å². The molecule has 1 aromatic rings. The highest BCUT2D eigenvalue weighted by Crippen LogP contribution is 2.34. The number of nitrogens with one attached hydrogen (secondary N) is 1. The molecule has 0 spiro atoms. The van der Waals surface area contributed by atoms with Crippen molar-refractivity contribution in [1.29, 1.82) is 0 Å². The summed E-state index contributed by atoms with van der Waals surface area (Å²) >= 11 is 1.91. The molecule has 78 valence electrons. The van der Waals surface area contributed by atoms with Gasteiger partial charge in [0.1, 0.15) is 0 Å². The van der Waals surface area contributed by atoms with Crippen molar-refractivity contribution in [3.8, 4) is 0 Å². The molecule has 1 aromatic heterocycles. The molecule has 0 saturated carbocycles. The highest BCUT2D eigenvalue weighted by Gasteiger charge is 2.23. The van der Waals surface area contributed by atoms with E-state index in [1.165, 1.54) is 34.8 Å². The quantitative estimate of drug-likeness (QED) is 0.829. The van der Waals surface area contributed by atoms with Gasteiger partial charge in [-0.15, -0.1) is 11.3 Å². The molecular formula is C11H18N2S. The summed E-state index contributed by atoms with van der Waals surface area (Å²) in [6.07, 6.45) is 4.84. The minimum atomic E-state index is 0.585. The third-order valence-electron chi connectivity index (χ3n) is 2.75. The van der Waals surface area contributed by atoms with Gasteiger partial charge >= 0.3 is 0 Å². The molecule has 1 aliphatic rings. The van der Waals surface area contributed by atoms with Crippen molar-refractivity contribution in [3.63, 3.8) is 0 Å². The summed E-state index contributed by atoms with van der Waals surface area (Å²) in [6, 6.07) is 0.585. The molecule has 3 heteroatoms. The van der Waals surface area contributed by atoms with Gasteiger partial charge in [0.15, 0.2) is 0 Å². The number of rotatable bonds is 3. The van der Waals surface area contributed by atoms with Crippen LogP contribution in [0.4, 0.5) is 0 Å². The molecule has 1 heterocycles. The van der Waals surface area contributed by atoms with E-state index >= 15 is 0 Å². The first-order chi connectivity index (χ1) is 6.85. The molecule has 2 nitrogen and oxygen atoms in total. The average molecular weight is 210 g/mol. The van der Waals surface area contributed by atoms with E-state index in [2.05, 4.69) is 24.1 Å². The Bertz CT molecular complexity index is 306. The van der Waals surface area contributed by atoms with Gasteiger partial charge in [0, 0.05) is 10.9 Å². The van der Waals surface area contributed by atoms with E-state index in [0.717, 1.165) is 13.0 Å². The molecule has 1 unspecified atom stereocenters. The van der Waals surface area contributed by atoms with Gasteiger partial charge in [0.05, 0.1) is 10.7 Å². The smallest absolute Gasteiger partial charge is 0.0928 e. The number of thiazole rings is 1. The summed E-state index contributed by atoms with van der Waals surface area (Å²) in [6.45, 7) is 5.42. The predicted molar refractivity (Wildman–Crippen MR) is 60.8 cm³/mol. The minimum Gasteiger partial charge on any atom is -0.309 e. The zero-order valence-electron chi connectivity index (χ0n) is 8.97. The summed E-state index contributed by atoms with van der Waals surface area (Å²) in [7, 11) is 0. The second kappa shape index (κ2) is 4.41. The summed E-state index contributed by atoms with van der Waals surface area (Å²) in [4.78, 5) is 6.19. The molecule has 0 amide bonds. The van der Waals surface area contributed by atoms with E-state index < -0.39 is 0 Å². The zero-order valence-corrected chi connectivity index (χ0v) is 9.78. The largest absolute Gasteiger partial charge is 0.309 e. The van der Waals surface area contributed by atoms with Crippen LogP contribution in [-0.2, 0) is 12.8 Å². The molecule has 0 aromatic carbocycles. The van der Waals surface area contributed by atoms with Crippen LogP contribution in [0, 0.1) is 0 Å². The van der Waals surface area contributed by atoms with E-state index in [0.29, 0.717) is 6.04 Å². The Balaban J connectivity index is 2.24. The highest BCUT2D eigenvalue weighted by molar-refractivity contribution is 7.11. The van der Waals surface area contributed by atoms with Gasteiger partial charge in [-0.2, -0.15) is 0 Å². The lowest BCUT2D eigenvalue weighted by atomic mass is 9.98. The van der Waals surface area contributed by atoms with Crippen LogP contribution >= 0.6 is 11.3 Å². The number of aromatic nitrogens is 1. The van der Waals surface area contributed by atoms with E-state index in [1.54, 1.807) is 0 Å². The Labute approximate surface area is 89.8 Å². The summed E-state index contributed by atoms with van der Waals surface area (Å²) in [5.41, 5.74) is 1.36. The van der Waals surface area contributed by atoms with Crippen molar-refractivity contribution in [1.82, 2.24) is 10.3 Å². The molecule has 14 heavy (non-hydrogen) atoms. The number of hydrogen-bond acceptors (Lipinski definition) is 3. The first-order valence-corrected chi connectivity index (χ1v) is 6.38. The maximum atomic E-state index is 4.68. The monoisotopic (exact) mass is 210 g/mol. The van der Waals surface area contributed by atoms with E-state index in [-0.39, 0.29) is 0 Å². The van der Waals surface area contributed by atoms with Crippen molar-refractivity contribution in [2.75, 3.05) is 6.54 Å². The maximum absolute atomic E-state index is 4.68. The van der Waals surface area contributed by atoms with Crippen LogP contribution < -0.4 is 5.32 Å². The van der Waals surface area contributed by atoms with Gasteiger partial charge in [-0.05, 0) is 32.2 Å². The lowest BCUT2D eigenvalue weighted by Gasteiger charge is -2.21. The fraction of sp³-hybridized carbons (Fsp3) is 0.727. The van der Waals surface area contributed by atoms with Crippen LogP contribution in [-0.4, -0.2) is 11.5 Å². The zero-order chi connectivity index (χ0) is 9.97. The fourth-order valence-corrected chi connectivity index (χ4v) is 3.23. The van der Waals surface area contributed by atoms with Crippen molar-refractivity contribution in [2.45, 2.75) is 45.6 Å². The standard InChI is InChI=1S/C11H18N2S/c1-3-10-13-9-7-5-6-8(12-4-2)11(9)14-10/h8,12H,3-7H2,1-2H3. The number of hydrogen-bond donors (Lipinski definition) is 1. The van der Waals surface area contributed by atoms with Gasteiger partial charge in [-0.25, -0.2) is 4.98 Å². The first kappa shape index (κ1) is 10.1. The Morgan fingerprint density at radius 1 is 1.50 bits per heavy atom. The Morgan fingerprint density at radius 2 is 2.36 bits per heavy atom. The van der Waals surface area contributed by atoms with Crippen molar-refractivity contribution in [3.05, 3.63) is 15.6 Å². The predicted octanol–water partition coefficient (Wildman–Crippen LogP) is 2.69. The molecule has 0 fully saturated rings. The van der Waals surface area contributed by atoms with E-state index in [4.69, 9.17) is 0 Å². The number of fused-ring (bicyclic) bond motifs is 1. The van der Waals surface area contributed by atoms with Gasteiger partial charge in [-0.3, -0.25) is 0 Å². The number of aryl methyl sites for hydroxylation is 2. The summed E-state index contributed by atoms with van der Waals surface area (Å²) < 4.78 is 0. The lowest BCUT2D eigenvalue weighted by Crippen LogP contribution is -2.23. The normalized spacial score (nSPS) is 20.9. The molecule has 1 aliphatic carbocycles.